The van der Waals surface area contributed by atoms with Crippen LogP contribution in [-0.2, 0) is 0 Å². The molecule has 1 fully saturated rings. The Balaban J connectivity index is 0.000000561. The summed E-state index contributed by atoms with van der Waals surface area (Å²) in [5.41, 5.74) is 0. The minimum absolute atomic E-state index is 0.162. The molecule has 72 valence electrons. The van der Waals surface area contributed by atoms with Crippen molar-refractivity contribution in [2.24, 2.45) is 0 Å². The SMILES string of the molecule is CC.CC(C)N1CCN(C)C1=O. The number of hydrogen-bond acceptors (Lipinski definition) is 1. The van der Waals surface area contributed by atoms with Crippen LogP contribution in [0.15, 0.2) is 0 Å². The first-order valence-electron chi connectivity index (χ1n) is 4.64. The quantitative estimate of drug-likeness (QED) is 0.591. The second-order valence-corrected chi connectivity index (χ2v) is 2.99. The van der Waals surface area contributed by atoms with E-state index in [0.717, 1.165) is 13.1 Å². The number of carbonyl (C=O) groups is 1. The van der Waals surface area contributed by atoms with Crippen LogP contribution in [0.5, 0.6) is 0 Å². The first-order valence-corrected chi connectivity index (χ1v) is 4.64. The van der Waals surface area contributed by atoms with Gasteiger partial charge < -0.3 is 9.80 Å². The van der Waals surface area contributed by atoms with E-state index in [1.807, 2.05) is 39.6 Å². The summed E-state index contributed by atoms with van der Waals surface area (Å²) in [7, 11) is 1.84. The standard InChI is InChI=1S/C7H14N2O.C2H6/c1-6(2)9-5-4-8(3)7(9)10;1-2/h6H,4-5H2,1-3H3;1-2H3. The van der Waals surface area contributed by atoms with Gasteiger partial charge in [-0.3, -0.25) is 0 Å². The largest absolute Gasteiger partial charge is 0.326 e. The molecule has 1 heterocycles. The van der Waals surface area contributed by atoms with Gasteiger partial charge in [0, 0.05) is 26.2 Å². The van der Waals surface area contributed by atoms with E-state index in [9.17, 15) is 4.79 Å². The monoisotopic (exact) mass is 172 g/mol. The van der Waals surface area contributed by atoms with Gasteiger partial charge in [-0.2, -0.15) is 0 Å². The van der Waals surface area contributed by atoms with Gasteiger partial charge in [-0.1, -0.05) is 13.8 Å². The molecular formula is C9H20N2O. The molecule has 0 radical (unpaired) electrons. The molecule has 1 saturated heterocycles. The van der Waals surface area contributed by atoms with Crippen molar-refractivity contribution in [2.75, 3.05) is 20.1 Å². The summed E-state index contributed by atoms with van der Waals surface area (Å²) in [5.74, 6) is 0. The zero-order valence-corrected chi connectivity index (χ0v) is 8.79. The Bertz CT molecular complexity index is 145. The maximum atomic E-state index is 11.2. The number of carbonyl (C=O) groups excluding carboxylic acids is 1. The zero-order valence-electron chi connectivity index (χ0n) is 8.79. The zero-order chi connectivity index (χ0) is 9.72. The van der Waals surface area contributed by atoms with Crippen LogP contribution in [0.4, 0.5) is 4.79 Å². The van der Waals surface area contributed by atoms with Gasteiger partial charge >= 0.3 is 6.03 Å². The average Bonchev–Trinajstić information content (AvgIpc) is 2.37. The van der Waals surface area contributed by atoms with E-state index in [2.05, 4.69) is 0 Å². The van der Waals surface area contributed by atoms with Crippen LogP contribution < -0.4 is 0 Å². The molecule has 0 aromatic carbocycles. The van der Waals surface area contributed by atoms with Crippen LogP contribution >= 0.6 is 0 Å². The molecule has 1 aliphatic heterocycles. The molecule has 0 bridgehead atoms. The van der Waals surface area contributed by atoms with Crippen LogP contribution in [0.2, 0.25) is 0 Å². The highest BCUT2D eigenvalue weighted by atomic mass is 16.2. The van der Waals surface area contributed by atoms with E-state index >= 15 is 0 Å². The summed E-state index contributed by atoms with van der Waals surface area (Å²) in [6, 6.07) is 0.507. The molecule has 1 aliphatic rings. The third kappa shape index (κ3) is 2.40. The van der Waals surface area contributed by atoms with Crippen LogP contribution in [0.25, 0.3) is 0 Å². The summed E-state index contributed by atoms with van der Waals surface area (Å²) in [6.07, 6.45) is 0. The molecule has 12 heavy (non-hydrogen) atoms. The number of hydrogen-bond donors (Lipinski definition) is 0. The first kappa shape index (κ1) is 11.3. The Morgan fingerprint density at radius 2 is 1.75 bits per heavy atom. The molecule has 0 unspecified atom stereocenters. The Hall–Kier alpha value is -0.730. The second kappa shape index (κ2) is 5.01. The molecule has 0 aliphatic carbocycles. The van der Waals surface area contributed by atoms with Crippen LogP contribution in [0.3, 0.4) is 0 Å². The molecular weight excluding hydrogens is 152 g/mol. The minimum Gasteiger partial charge on any atom is -0.326 e. The lowest BCUT2D eigenvalue weighted by Gasteiger charge is -2.19. The molecule has 3 nitrogen and oxygen atoms in total. The molecule has 0 aromatic rings. The van der Waals surface area contributed by atoms with Crippen LogP contribution in [-0.4, -0.2) is 42.0 Å². The Kier molecular flexibility index (Phi) is 4.71. The topological polar surface area (TPSA) is 23.6 Å². The summed E-state index contributed by atoms with van der Waals surface area (Å²) < 4.78 is 0. The first-order chi connectivity index (χ1) is 5.63. The van der Waals surface area contributed by atoms with Crippen molar-refractivity contribution >= 4 is 6.03 Å². The van der Waals surface area contributed by atoms with E-state index in [-0.39, 0.29) is 6.03 Å². The fourth-order valence-electron chi connectivity index (χ4n) is 1.15. The third-order valence-electron chi connectivity index (χ3n) is 1.87. The van der Waals surface area contributed by atoms with Gasteiger partial charge in [0.05, 0.1) is 0 Å². The van der Waals surface area contributed by atoms with Crippen molar-refractivity contribution in [3.05, 3.63) is 0 Å². The van der Waals surface area contributed by atoms with Gasteiger partial charge in [0.25, 0.3) is 0 Å². The van der Waals surface area contributed by atoms with E-state index in [0.29, 0.717) is 6.04 Å². The van der Waals surface area contributed by atoms with Gasteiger partial charge in [0.2, 0.25) is 0 Å². The molecule has 0 spiro atoms. The Morgan fingerprint density at radius 3 is 1.92 bits per heavy atom. The van der Waals surface area contributed by atoms with E-state index in [1.54, 1.807) is 4.90 Å². The van der Waals surface area contributed by atoms with Crippen molar-refractivity contribution in [2.45, 2.75) is 33.7 Å². The predicted molar refractivity (Wildman–Crippen MR) is 51.2 cm³/mol. The number of amides is 2. The van der Waals surface area contributed by atoms with Crippen molar-refractivity contribution in [3.8, 4) is 0 Å². The lowest BCUT2D eigenvalue weighted by Crippen LogP contribution is -2.34. The average molecular weight is 172 g/mol. The lowest BCUT2D eigenvalue weighted by atomic mass is 10.3. The third-order valence-corrected chi connectivity index (χ3v) is 1.87. The summed E-state index contributed by atoms with van der Waals surface area (Å²) in [4.78, 5) is 14.8. The fourth-order valence-corrected chi connectivity index (χ4v) is 1.15. The second-order valence-electron chi connectivity index (χ2n) is 2.99. The van der Waals surface area contributed by atoms with Gasteiger partial charge in [-0.25, -0.2) is 4.79 Å². The molecule has 3 heteroatoms. The minimum atomic E-state index is 0.162. The van der Waals surface area contributed by atoms with Crippen molar-refractivity contribution < 1.29 is 4.79 Å². The number of rotatable bonds is 1. The molecule has 0 atom stereocenters. The van der Waals surface area contributed by atoms with Crippen molar-refractivity contribution in [1.82, 2.24) is 9.80 Å². The molecule has 0 aromatic heterocycles. The van der Waals surface area contributed by atoms with Crippen LogP contribution in [0, 0.1) is 0 Å². The van der Waals surface area contributed by atoms with Gasteiger partial charge in [0.1, 0.15) is 0 Å². The van der Waals surface area contributed by atoms with Gasteiger partial charge in [0.15, 0.2) is 0 Å². The normalized spacial score (nSPS) is 16.7. The van der Waals surface area contributed by atoms with Gasteiger partial charge in [-0.15, -0.1) is 0 Å². The number of likely N-dealkylation sites (N-methyl/N-ethyl adjacent to an activating group) is 1. The number of urea groups is 1. The molecule has 0 N–H and O–H groups in total. The van der Waals surface area contributed by atoms with Crippen LogP contribution in [0.1, 0.15) is 27.7 Å². The maximum Gasteiger partial charge on any atom is 0.320 e. The van der Waals surface area contributed by atoms with E-state index < -0.39 is 0 Å². The summed E-state index contributed by atoms with van der Waals surface area (Å²) >= 11 is 0. The van der Waals surface area contributed by atoms with E-state index in [4.69, 9.17) is 0 Å². The Morgan fingerprint density at radius 1 is 1.25 bits per heavy atom. The molecule has 0 saturated carbocycles. The highest BCUT2D eigenvalue weighted by Gasteiger charge is 2.26. The van der Waals surface area contributed by atoms with Crippen molar-refractivity contribution in [3.63, 3.8) is 0 Å². The fraction of sp³-hybridized carbons (Fsp3) is 0.889. The smallest absolute Gasteiger partial charge is 0.320 e. The highest BCUT2D eigenvalue weighted by Crippen LogP contribution is 2.09. The highest BCUT2D eigenvalue weighted by molar-refractivity contribution is 5.76. The number of nitrogens with zero attached hydrogens (tertiary/aromatic N) is 2. The predicted octanol–water partition coefficient (Wildman–Crippen LogP) is 1.79. The van der Waals surface area contributed by atoms with E-state index in [1.165, 1.54) is 0 Å². The maximum absolute atomic E-state index is 11.2. The summed E-state index contributed by atoms with van der Waals surface area (Å²) in [5, 5.41) is 0. The molecule has 2 amide bonds. The lowest BCUT2D eigenvalue weighted by molar-refractivity contribution is 0.189. The van der Waals surface area contributed by atoms with Crippen molar-refractivity contribution in [1.29, 1.82) is 0 Å². The summed E-state index contributed by atoms with van der Waals surface area (Å²) in [6.45, 7) is 9.83. The van der Waals surface area contributed by atoms with Gasteiger partial charge in [-0.05, 0) is 13.8 Å². The Labute approximate surface area is 75.3 Å². The molecule has 1 rings (SSSR count).